The number of benzene rings is 2. The van der Waals surface area contributed by atoms with Crippen molar-refractivity contribution in [2.75, 3.05) is 19.6 Å². The Labute approximate surface area is 384 Å². The smallest absolute Gasteiger partial charge is 0.245 e. The van der Waals surface area contributed by atoms with Gasteiger partial charge in [0.1, 0.15) is 30.0 Å². The Bertz CT molecular complexity index is 2240. The molecule has 356 valence electrons. The van der Waals surface area contributed by atoms with E-state index in [-0.39, 0.29) is 81.4 Å². The lowest BCUT2D eigenvalue weighted by Crippen LogP contribution is -2.59. The molecule has 6 atom stereocenters. The second-order valence-corrected chi connectivity index (χ2v) is 18.0. The number of fused-ring (bicyclic) bond motifs is 2. The van der Waals surface area contributed by atoms with E-state index in [1.807, 2.05) is 24.3 Å². The Hall–Kier alpha value is -6.33. The van der Waals surface area contributed by atoms with Crippen molar-refractivity contribution >= 4 is 58.1 Å². The van der Waals surface area contributed by atoms with Gasteiger partial charge in [0.05, 0.1) is 6.04 Å². The van der Waals surface area contributed by atoms with E-state index in [0.29, 0.717) is 25.7 Å². The molecule has 10 N–H and O–H groups in total. The summed E-state index contributed by atoms with van der Waals surface area (Å²) in [5.41, 5.74) is 13.0. The van der Waals surface area contributed by atoms with Gasteiger partial charge in [0, 0.05) is 68.8 Å². The quantitative estimate of drug-likeness (QED) is 0.0711. The summed E-state index contributed by atoms with van der Waals surface area (Å²) >= 11 is 0. The highest BCUT2D eigenvalue weighted by Gasteiger charge is 2.40. The minimum absolute atomic E-state index is 0.0235. The zero-order valence-corrected chi connectivity index (χ0v) is 37.8. The number of guanidine groups is 1. The summed E-state index contributed by atoms with van der Waals surface area (Å²) in [5, 5.41) is 15.2. The Kier molecular flexibility index (Phi) is 17.7. The first kappa shape index (κ1) is 49.1. The predicted octanol–water partition coefficient (Wildman–Crippen LogP) is 2.55. The second kappa shape index (κ2) is 23.7. The molecule has 6 rings (SSSR count). The number of hydrogen-bond acceptors (Lipinski definition) is 8. The number of aromatic nitrogens is 1. The molecule has 2 aromatic carbocycles. The summed E-state index contributed by atoms with van der Waals surface area (Å²) in [6.07, 6.45) is 8.27. The van der Waals surface area contributed by atoms with Gasteiger partial charge >= 0.3 is 0 Å². The Morgan fingerprint density at radius 1 is 0.864 bits per heavy atom. The number of nitrogens with zero attached hydrogens (tertiary/aromatic N) is 2. The summed E-state index contributed by atoms with van der Waals surface area (Å²) in [7, 11) is 0. The third-order valence-electron chi connectivity index (χ3n) is 13.1. The van der Waals surface area contributed by atoms with Crippen LogP contribution in [0.4, 0.5) is 4.39 Å². The number of nitrogens with one attached hydrogen (secondary N) is 6. The first-order valence-electron chi connectivity index (χ1n) is 23.4. The van der Waals surface area contributed by atoms with Gasteiger partial charge in [-0.15, -0.1) is 0 Å². The van der Waals surface area contributed by atoms with Crippen LogP contribution < -0.4 is 38.1 Å². The zero-order valence-electron chi connectivity index (χ0n) is 37.8. The van der Waals surface area contributed by atoms with Crippen molar-refractivity contribution in [3.05, 3.63) is 71.7 Å². The first-order chi connectivity index (χ1) is 31.8. The second-order valence-electron chi connectivity index (χ2n) is 18.0. The Morgan fingerprint density at radius 2 is 1.61 bits per heavy atom. The molecule has 1 aromatic heterocycles. The molecule has 66 heavy (non-hydrogen) atoms. The number of carbonyl (C=O) groups is 7. The summed E-state index contributed by atoms with van der Waals surface area (Å²) in [6, 6.07) is 7.99. The van der Waals surface area contributed by atoms with E-state index in [1.165, 1.54) is 30.0 Å². The van der Waals surface area contributed by atoms with E-state index in [1.54, 1.807) is 12.3 Å². The molecule has 0 bridgehead atoms. The lowest BCUT2D eigenvalue weighted by atomic mass is 9.84. The van der Waals surface area contributed by atoms with E-state index in [9.17, 15) is 38.0 Å². The molecule has 3 heterocycles. The highest BCUT2D eigenvalue weighted by atomic mass is 19.1. The molecule has 0 spiro atoms. The minimum atomic E-state index is -1.24. The summed E-state index contributed by atoms with van der Waals surface area (Å²) in [6.45, 7) is 1.71. The number of para-hydroxylation sites is 1. The van der Waals surface area contributed by atoms with Crippen LogP contribution in [-0.4, -0.2) is 107 Å². The van der Waals surface area contributed by atoms with E-state index in [0.717, 1.165) is 48.6 Å². The third-order valence-corrected chi connectivity index (χ3v) is 13.1. The fraction of sp³-hybridized carbons (Fsp3) is 0.542. The average molecular weight is 913 g/mol. The van der Waals surface area contributed by atoms with Crippen molar-refractivity contribution in [2.45, 2.75) is 133 Å². The van der Waals surface area contributed by atoms with Gasteiger partial charge in [-0.25, -0.2) is 4.39 Å². The van der Waals surface area contributed by atoms with Gasteiger partial charge in [0.15, 0.2) is 11.7 Å². The lowest BCUT2D eigenvalue weighted by Gasteiger charge is -2.32. The van der Waals surface area contributed by atoms with Crippen LogP contribution in [0.2, 0.25) is 0 Å². The van der Waals surface area contributed by atoms with Crippen LogP contribution in [0.3, 0.4) is 0 Å². The lowest BCUT2D eigenvalue weighted by molar-refractivity contribution is -0.142. The van der Waals surface area contributed by atoms with Crippen LogP contribution in [0.5, 0.6) is 0 Å². The topological polar surface area (TPSA) is 263 Å². The maximum absolute atomic E-state index is 14.8. The van der Waals surface area contributed by atoms with Crippen molar-refractivity contribution in [1.82, 2.24) is 36.5 Å². The number of hydrogen-bond donors (Lipinski definition) is 8. The van der Waals surface area contributed by atoms with Gasteiger partial charge in [-0.2, -0.15) is 0 Å². The van der Waals surface area contributed by atoms with Crippen molar-refractivity contribution < 1.29 is 38.0 Å². The highest BCUT2D eigenvalue weighted by molar-refractivity contribution is 5.98. The molecule has 0 radical (unpaired) electrons. The number of aromatic amines is 1. The molecule has 2 saturated heterocycles. The van der Waals surface area contributed by atoms with Gasteiger partial charge in [-0.1, -0.05) is 68.5 Å². The van der Waals surface area contributed by atoms with Crippen molar-refractivity contribution in [2.24, 2.45) is 28.3 Å². The molecule has 18 heteroatoms. The first-order valence-corrected chi connectivity index (χ1v) is 23.4. The monoisotopic (exact) mass is 913 g/mol. The van der Waals surface area contributed by atoms with E-state index >= 15 is 0 Å². The maximum atomic E-state index is 14.8. The van der Waals surface area contributed by atoms with Crippen LogP contribution in [0.1, 0.15) is 102 Å². The zero-order chi connectivity index (χ0) is 47.2. The molecule has 3 aromatic rings. The Balaban J connectivity index is 1.31. The van der Waals surface area contributed by atoms with Gasteiger partial charge in [0.25, 0.3) is 0 Å². The van der Waals surface area contributed by atoms with Crippen LogP contribution >= 0.6 is 0 Å². The predicted molar refractivity (Wildman–Crippen MR) is 247 cm³/mol. The van der Waals surface area contributed by atoms with Crippen molar-refractivity contribution in [3.63, 3.8) is 0 Å². The van der Waals surface area contributed by atoms with Crippen LogP contribution in [0.15, 0.2) is 59.7 Å². The van der Waals surface area contributed by atoms with Gasteiger partial charge < -0.3 is 47.9 Å². The molecule has 0 unspecified atom stereocenters. The normalized spacial score (nSPS) is 23.4. The third kappa shape index (κ3) is 13.6. The minimum Gasteiger partial charge on any atom is -0.370 e. The standard InChI is InChI=1S/C48H65FN10O7/c1-29(60)55-40(25-31-14-5-7-17-35(31)49)45(64)56-37-19-10-21-52-43(62)32(15-9-22-53-48(50)51)27-42(61)38(26-33-28-54-36-18-8-6-16-34(33)36)57-44(63)39(24-30-12-3-2-4-13-30)58-46(65)41-20-11-23-59(41)47(37)66/h5-8,14,16-18,28,30,32,37-41,54H,2-4,9-13,15,19-27H2,1H3,(H,52,62)(H,55,60)(H,56,64)(H,57,63)(H,58,65)(H4,50,51,53)/t32-,37+,38+,39-,40+,41+/m1/s1. The molecular weight excluding hydrogens is 848 g/mol. The van der Waals surface area contributed by atoms with Crippen LogP contribution in [0, 0.1) is 17.7 Å². The molecule has 17 nitrogen and oxygen atoms in total. The Morgan fingerprint density at radius 3 is 2.36 bits per heavy atom. The van der Waals surface area contributed by atoms with Crippen LogP contribution in [-0.2, 0) is 46.4 Å². The molecule has 1 saturated carbocycles. The van der Waals surface area contributed by atoms with E-state index in [2.05, 4.69) is 36.6 Å². The fourth-order valence-corrected chi connectivity index (χ4v) is 9.58. The largest absolute Gasteiger partial charge is 0.370 e. The number of carbonyl (C=O) groups excluding carboxylic acids is 7. The molecule has 1 aliphatic carbocycles. The summed E-state index contributed by atoms with van der Waals surface area (Å²) in [5.74, 6) is -5.04. The van der Waals surface area contributed by atoms with Crippen LogP contribution in [0.25, 0.3) is 10.9 Å². The fourth-order valence-electron chi connectivity index (χ4n) is 9.58. The van der Waals surface area contributed by atoms with Crippen molar-refractivity contribution in [1.29, 1.82) is 0 Å². The average Bonchev–Trinajstić information content (AvgIpc) is 3.96. The molecule has 3 aliphatic rings. The highest BCUT2D eigenvalue weighted by Crippen LogP contribution is 2.29. The molecule has 2 aliphatic heterocycles. The molecule has 6 amide bonds. The summed E-state index contributed by atoms with van der Waals surface area (Å²) < 4.78 is 14.8. The van der Waals surface area contributed by atoms with Crippen molar-refractivity contribution in [3.8, 4) is 0 Å². The molecular formula is C48H65FN10O7. The number of amides is 6. The number of ketones is 1. The number of rotatable bonds is 13. The number of halogens is 1. The van der Waals surface area contributed by atoms with Gasteiger partial charge in [-0.05, 0) is 74.1 Å². The number of aliphatic imine (C=N–C) groups is 1. The number of nitrogens with two attached hydrogens (primary N) is 2. The summed E-state index contributed by atoms with van der Waals surface area (Å²) in [4.78, 5) is 107. The SMILES string of the molecule is CC(=O)N[C@@H](Cc1ccccc1F)C(=O)N[C@H]1CCCNC(=O)[C@H](CCCN=C(N)N)CC(=O)[C@H](Cc2c[nH]c3ccccc23)NC(=O)[C@@H](CC2CCCCC2)NC(=O)[C@@H]2CCCN2C1=O. The number of H-pyrrole nitrogens is 1. The van der Waals surface area contributed by atoms with E-state index in [4.69, 9.17) is 11.5 Å². The van der Waals surface area contributed by atoms with Gasteiger partial charge in [0.2, 0.25) is 35.4 Å². The maximum Gasteiger partial charge on any atom is 0.245 e. The van der Waals surface area contributed by atoms with Gasteiger partial charge in [-0.3, -0.25) is 38.6 Å². The van der Waals surface area contributed by atoms with E-state index < -0.39 is 77.4 Å². The number of Topliss-reactive ketones (excluding diaryl/α,β-unsaturated/α-hetero) is 1. The molecule has 3 fully saturated rings.